The number of aromatic nitrogens is 1. The van der Waals surface area contributed by atoms with E-state index in [1.165, 1.54) is 42.5 Å². The van der Waals surface area contributed by atoms with Gasteiger partial charge in [-0.2, -0.15) is 0 Å². The van der Waals surface area contributed by atoms with Crippen LogP contribution in [0.3, 0.4) is 0 Å². The van der Waals surface area contributed by atoms with Crippen LogP contribution in [0.25, 0.3) is 10.6 Å². The van der Waals surface area contributed by atoms with Gasteiger partial charge in [0.15, 0.2) is 5.78 Å². The van der Waals surface area contributed by atoms with Crippen LogP contribution < -0.4 is 4.74 Å². The summed E-state index contributed by atoms with van der Waals surface area (Å²) < 4.78 is 31.8. The second-order valence-electron chi connectivity index (χ2n) is 5.14. The molecule has 3 rings (SSSR count). The molecule has 3 aromatic rings. The Hall–Kier alpha value is -2.60. The van der Waals surface area contributed by atoms with Gasteiger partial charge in [0.05, 0.1) is 11.3 Å². The molecule has 0 fully saturated rings. The van der Waals surface area contributed by atoms with Gasteiger partial charge in [-0.3, -0.25) is 4.79 Å². The van der Waals surface area contributed by atoms with Crippen LogP contribution in [0.4, 0.5) is 8.78 Å². The Morgan fingerprint density at radius 2 is 1.83 bits per heavy atom. The zero-order valence-electron chi connectivity index (χ0n) is 12.8. The van der Waals surface area contributed by atoms with Crippen LogP contribution in [0.1, 0.15) is 23.0 Å². The van der Waals surface area contributed by atoms with Gasteiger partial charge in [-0.25, -0.2) is 13.8 Å². The summed E-state index contributed by atoms with van der Waals surface area (Å²) in [6.45, 7) is 1.51. The molecular weight excluding hydrogens is 332 g/mol. The van der Waals surface area contributed by atoms with Gasteiger partial charge < -0.3 is 4.74 Å². The molecule has 122 valence electrons. The minimum absolute atomic E-state index is 0.156. The highest BCUT2D eigenvalue weighted by molar-refractivity contribution is 7.13. The molecule has 0 saturated carbocycles. The van der Waals surface area contributed by atoms with Crippen molar-refractivity contribution in [3.8, 4) is 16.3 Å². The Bertz CT molecular complexity index is 875. The number of ketones is 1. The maximum absolute atomic E-state index is 13.2. The third-order valence-electron chi connectivity index (χ3n) is 3.34. The summed E-state index contributed by atoms with van der Waals surface area (Å²) in [5.41, 5.74) is 1.70. The first kappa shape index (κ1) is 16.3. The molecule has 0 spiro atoms. The first-order valence-electron chi connectivity index (χ1n) is 7.16. The third kappa shape index (κ3) is 3.65. The molecule has 0 bridgehead atoms. The summed E-state index contributed by atoms with van der Waals surface area (Å²) in [5.74, 6) is -0.734. The lowest BCUT2D eigenvalue weighted by Crippen LogP contribution is -2.02. The highest BCUT2D eigenvalue weighted by Crippen LogP contribution is 2.26. The molecule has 0 saturated heterocycles. The largest absolute Gasteiger partial charge is 0.487 e. The summed E-state index contributed by atoms with van der Waals surface area (Å²) in [4.78, 5) is 16.0. The van der Waals surface area contributed by atoms with Crippen LogP contribution in [0.2, 0.25) is 0 Å². The number of carbonyl (C=O) groups excluding carboxylic acids is 1. The molecular formula is C18H13F2NO2S. The van der Waals surface area contributed by atoms with Gasteiger partial charge in [-0.15, -0.1) is 11.3 Å². The minimum Gasteiger partial charge on any atom is -0.487 e. The lowest BCUT2D eigenvalue weighted by atomic mass is 10.1. The second kappa shape index (κ2) is 6.88. The van der Waals surface area contributed by atoms with Gasteiger partial charge in [-0.05, 0) is 49.4 Å². The van der Waals surface area contributed by atoms with Crippen LogP contribution in [0.15, 0.2) is 47.8 Å². The fraction of sp³-hybridized carbons (Fsp3) is 0.111. The van der Waals surface area contributed by atoms with E-state index in [4.69, 9.17) is 4.74 Å². The van der Waals surface area contributed by atoms with Crippen molar-refractivity contribution in [1.29, 1.82) is 0 Å². The van der Waals surface area contributed by atoms with Gasteiger partial charge >= 0.3 is 0 Å². The van der Waals surface area contributed by atoms with Crippen LogP contribution in [-0.2, 0) is 6.61 Å². The number of hydrogen-bond donors (Lipinski definition) is 0. The molecule has 0 aliphatic carbocycles. The molecule has 1 aromatic heterocycles. The number of ether oxygens (including phenoxy) is 1. The van der Waals surface area contributed by atoms with Gasteiger partial charge in [0.2, 0.25) is 0 Å². The van der Waals surface area contributed by atoms with E-state index in [9.17, 15) is 13.6 Å². The molecule has 24 heavy (non-hydrogen) atoms. The number of benzene rings is 2. The maximum Gasteiger partial charge on any atom is 0.163 e. The molecule has 0 atom stereocenters. The highest BCUT2D eigenvalue weighted by atomic mass is 32.1. The first-order valence-corrected chi connectivity index (χ1v) is 8.04. The van der Waals surface area contributed by atoms with Gasteiger partial charge in [0.1, 0.15) is 29.0 Å². The standard InChI is InChI=1S/C18H13F2NO2S/c1-11(22)16-8-14(20)6-7-17(16)23-9-15-10-24-18(21-15)12-2-4-13(19)5-3-12/h2-8,10H,9H2,1H3. The predicted octanol–water partition coefficient (Wildman–Crippen LogP) is 4.87. The summed E-state index contributed by atoms with van der Waals surface area (Å²) in [7, 11) is 0. The number of halogens is 2. The van der Waals surface area contributed by atoms with Crippen molar-refractivity contribution in [3.63, 3.8) is 0 Å². The summed E-state index contributed by atoms with van der Waals surface area (Å²) in [6.07, 6.45) is 0. The molecule has 0 amide bonds. The Balaban J connectivity index is 1.74. The zero-order valence-corrected chi connectivity index (χ0v) is 13.6. The summed E-state index contributed by atoms with van der Waals surface area (Å²) >= 11 is 1.42. The van der Waals surface area contributed by atoms with Crippen LogP contribution in [0.5, 0.6) is 5.75 Å². The number of rotatable bonds is 5. The Morgan fingerprint density at radius 3 is 2.54 bits per heavy atom. The Labute approximate surface area is 141 Å². The average molecular weight is 345 g/mol. The van der Waals surface area contributed by atoms with E-state index < -0.39 is 5.82 Å². The second-order valence-corrected chi connectivity index (χ2v) is 5.99. The average Bonchev–Trinajstić information content (AvgIpc) is 3.03. The summed E-state index contributed by atoms with van der Waals surface area (Å²) in [5, 5.41) is 2.58. The normalized spacial score (nSPS) is 10.6. The molecule has 3 nitrogen and oxygen atoms in total. The summed E-state index contributed by atoms with van der Waals surface area (Å²) in [6, 6.07) is 9.91. The lowest BCUT2D eigenvalue weighted by Gasteiger charge is -2.08. The van der Waals surface area contributed by atoms with E-state index >= 15 is 0 Å². The number of thiazole rings is 1. The van der Waals surface area contributed by atoms with Crippen molar-refractivity contribution in [2.75, 3.05) is 0 Å². The topological polar surface area (TPSA) is 39.2 Å². The van der Waals surface area contributed by atoms with Crippen LogP contribution in [-0.4, -0.2) is 10.8 Å². The van der Waals surface area contributed by atoms with Crippen molar-refractivity contribution >= 4 is 17.1 Å². The van der Waals surface area contributed by atoms with Gasteiger partial charge in [-0.1, -0.05) is 0 Å². The minimum atomic E-state index is -0.486. The van der Waals surface area contributed by atoms with E-state index in [2.05, 4.69) is 4.98 Å². The van der Waals surface area contributed by atoms with E-state index in [1.54, 1.807) is 12.1 Å². The number of carbonyl (C=O) groups is 1. The van der Waals surface area contributed by atoms with E-state index in [-0.39, 0.29) is 23.8 Å². The van der Waals surface area contributed by atoms with Crippen molar-refractivity contribution in [3.05, 3.63) is 70.7 Å². The smallest absolute Gasteiger partial charge is 0.163 e. The quantitative estimate of drug-likeness (QED) is 0.619. The van der Waals surface area contributed by atoms with E-state index in [1.807, 2.05) is 5.38 Å². The Morgan fingerprint density at radius 1 is 1.12 bits per heavy atom. The predicted molar refractivity (Wildman–Crippen MR) is 88.2 cm³/mol. The third-order valence-corrected chi connectivity index (χ3v) is 4.28. The molecule has 2 aromatic carbocycles. The molecule has 0 aliphatic rings. The van der Waals surface area contributed by atoms with Gasteiger partial charge in [0.25, 0.3) is 0 Å². The molecule has 1 heterocycles. The van der Waals surface area contributed by atoms with Crippen LogP contribution in [0, 0.1) is 11.6 Å². The molecule has 6 heteroatoms. The fourth-order valence-electron chi connectivity index (χ4n) is 2.15. The van der Waals surface area contributed by atoms with Crippen molar-refractivity contribution < 1.29 is 18.3 Å². The van der Waals surface area contributed by atoms with Crippen molar-refractivity contribution in [2.24, 2.45) is 0 Å². The monoisotopic (exact) mass is 345 g/mol. The molecule has 0 N–H and O–H groups in total. The maximum atomic E-state index is 13.2. The molecule has 0 unspecified atom stereocenters. The van der Waals surface area contributed by atoms with Crippen LogP contribution >= 0.6 is 11.3 Å². The highest BCUT2D eigenvalue weighted by Gasteiger charge is 2.11. The van der Waals surface area contributed by atoms with Crippen molar-refractivity contribution in [1.82, 2.24) is 4.98 Å². The number of hydrogen-bond acceptors (Lipinski definition) is 4. The zero-order chi connectivity index (χ0) is 17.1. The molecule has 0 aliphatic heterocycles. The SMILES string of the molecule is CC(=O)c1cc(F)ccc1OCc1csc(-c2ccc(F)cc2)n1. The number of nitrogens with zero attached hydrogens (tertiary/aromatic N) is 1. The molecule has 0 radical (unpaired) electrons. The van der Waals surface area contributed by atoms with E-state index in [0.717, 1.165) is 16.6 Å². The van der Waals surface area contributed by atoms with E-state index in [0.29, 0.717) is 11.4 Å². The first-order chi connectivity index (χ1) is 11.5. The fourth-order valence-corrected chi connectivity index (χ4v) is 2.96. The number of Topliss-reactive ketones (excluding diaryl/α,β-unsaturated/α-hetero) is 1. The van der Waals surface area contributed by atoms with Crippen molar-refractivity contribution in [2.45, 2.75) is 13.5 Å². The lowest BCUT2D eigenvalue weighted by molar-refractivity contribution is 0.101. The Kier molecular flexibility index (Phi) is 4.66. The van der Waals surface area contributed by atoms with Gasteiger partial charge in [0, 0.05) is 10.9 Å².